The number of nitrogens with one attached hydrogen (secondary N) is 1. The molecule has 0 radical (unpaired) electrons. The van der Waals surface area contributed by atoms with E-state index in [0.717, 1.165) is 13.0 Å². The first-order valence-corrected chi connectivity index (χ1v) is 5.54. The maximum atomic E-state index is 5.91. The van der Waals surface area contributed by atoms with Gasteiger partial charge in [-0.25, -0.2) is 0 Å². The molecule has 0 aliphatic heterocycles. The van der Waals surface area contributed by atoms with E-state index in [0.29, 0.717) is 24.4 Å². The Labute approximate surface area is 90.1 Å². The van der Waals surface area contributed by atoms with E-state index in [4.69, 9.17) is 28.9 Å². The molecule has 0 bridgehead atoms. The number of nitrogens with two attached hydrogens (primary N) is 1. The zero-order valence-electron chi connectivity index (χ0n) is 8.19. The number of hydrogen-bond acceptors (Lipinski definition) is 2. The van der Waals surface area contributed by atoms with Gasteiger partial charge >= 0.3 is 0 Å². The highest BCUT2D eigenvalue weighted by Gasteiger charge is 2.51. The Morgan fingerprint density at radius 2 is 2.08 bits per heavy atom. The van der Waals surface area contributed by atoms with Crippen LogP contribution in [-0.2, 0) is 0 Å². The molecule has 2 unspecified atom stereocenters. The van der Waals surface area contributed by atoms with Crippen LogP contribution in [0.1, 0.15) is 20.3 Å². The minimum Gasteiger partial charge on any atom is -0.329 e. The van der Waals surface area contributed by atoms with Crippen molar-refractivity contribution in [2.75, 3.05) is 13.1 Å². The molecular weight excluding hydrogens is 207 g/mol. The highest BCUT2D eigenvalue weighted by atomic mass is 35.5. The second kappa shape index (κ2) is 4.35. The molecule has 3 N–H and O–H groups in total. The molecule has 1 saturated carbocycles. The fourth-order valence-corrected chi connectivity index (χ4v) is 1.90. The Morgan fingerprint density at radius 3 is 2.38 bits per heavy atom. The van der Waals surface area contributed by atoms with Gasteiger partial charge in [0.25, 0.3) is 0 Å². The molecule has 1 aliphatic carbocycles. The van der Waals surface area contributed by atoms with Crippen LogP contribution in [-0.4, -0.2) is 23.5 Å². The van der Waals surface area contributed by atoms with Crippen LogP contribution in [0.5, 0.6) is 0 Å². The van der Waals surface area contributed by atoms with Gasteiger partial charge in [-0.05, 0) is 12.3 Å². The van der Waals surface area contributed by atoms with Gasteiger partial charge in [0.05, 0.1) is 0 Å². The fraction of sp³-hybridized carbons (Fsp3) is 1.00. The second-order valence-corrected chi connectivity index (χ2v) is 5.70. The summed E-state index contributed by atoms with van der Waals surface area (Å²) in [6.07, 6.45) is 0.901. The molecule has 0 aromatic heterocycles. The smallest absolute Gasteiger partial charge is 0.122 e. The molecule has 1 fully saturated rings. The van der Waals surface area contributed by atoms with Gasteiger partial charge in [0.1, 0.15) is 4.33 Å². The van der Waals surface area contributed by atoms with Crippen LogP contribution in [0.3, 0.4) is 0 Å². The average Bonchev–Trinajstić information content (AvgIpc) is 2.59. The number of halogens is 2. The lowest BCUT2D eigenvalue weighted by Gasteiger charge is -2.20. The lowest BCUT2D eigenvalue weighted by molar-refractivity contribution is 0.399. The topological polar surface area (TPSA) is 38.0 Å². The molecule has 78 valence electrons. The number of rotatable bonds is 5. The van der Waals surface area contributed by atoms with Crippen LogP contribution in [0, 0.1) is 11.8 Å². The summed E-state index contributed by atoms with van der Waals surface area (Å²) in [5.41, 5.74) is 5.62. The third-order valence-corrected chi connectivity index (χ3v) is 3.57. The lowest BCUT2D eigenvalue weighted by Crippen LogP contribution is -2.41. The monoisotopic (exact) mass is 224 g/mol. The van der Waals surface area contributed by atoms with Crippen molar-refractivity contribution in [3.63, 3.8) is 0 Å². The number of alkyl halides is 2. The molecule has 13 heavy (non-hydrogen) atoms. The normalized spacial score (nSPS) is 27.7. The summed E-state index contributed by atoms with van der Waals surface area (Å²) in [6, 6.07) is 0.379. The van der Waals surface area contributed by atoms with Crippen LogP contribution >= 0.6 is 23.2 Å². The minimum absolute atomic E-state index is 0.379. The van der Waals surface area contributed by atoms with E-state index < -0.39 is 4.33 Å². The third-order valence-electron chi connectivity index (χ3n) is 2.64. The lowest BCUT2D eigenvalue weighted by atomic mass is 10.0. The van der Waals surface area contributed by atoms with Crippen LogP contribution in [0.4, 0.5) is 0 Å². The molecule has 0 aromatic carbocycles. The molecule has 0 spiro atoms. The summed E-state index contributed by atoms with van der Waals surface area (Å²) < 4.78 is -0.469. The van der Waals surface area contributed by atoms with Crippen LogP contribution < -0.4 is 11.1 Å². The van der Waals surface area contributed by atoms with Gasteiger partial charge in [-0.2, -0.15) is 0 Å². The molecule has 1 rings (SSSR count). The predicted molar refractivity (Wildman–Crippen MR) is 58.2 cm³/mol. The van der Waals surface area contributed by atoms with E-state index in [1.54, 1.807) is 0 Å². The van der Waals surface area contributed by atoms with E-state index in [1.807, 2.05) is 0 Å². The van der Waals surface area contributed by atoms with Crippen molar-refractivity contribution in [2.24, 2.45) is 17.6 Å². The SMILES string of the molecule is CC(C)C(CN)NCC1CC1(Cl)Cl. The van der Waals surface area contributed by atoms with Gasteiger partial charge in [-0.15, -0.1) is 23.2 Å². The Hall–Kier alpha value is 0.500. The van der Waals surface area contributed by atoms with Crippen LogP contribution in [0.2, 0.25) is 0 Å². The van der Waals surface area contributed by atoms with Gasteiger partial charge in [0, 0.05) is 25.0 Å². The molecule has 4 heteroatoms. The molecular formula is C9H18Cl2N2. The Bertz CT molecular complexity index is 171. The predicted octanol–water partition coefficient (Wildman–Crippen LogP) is 1.75. The van der Waals surface area contributed by atoms with Crippen molar-refractivity contribution in [2.45, 2.75) is 30.6 Å². The Balaban J connectivity index is 2.18. The molecule has 0 amide bonds. The van der Waals surface area contributed by atoms with Crippen LogP contribution in [0.15, 0.2) is 0 Å². The first-order chi connectivity index (χ1) is 5.97. The zero-order chi connectivity index (χ0) is 10.1. The molecule has 0 heterocycles. The summed E-state index contributed by atoms with van der Waals surface area (Å²) in [7, 11) is 0. The van der Waals surface area contributed by atoms with E-state index in [1.165, 1.54) is 0 Å². The summed E-state index contributed by atoms with van der Waals surface area (Å²) in [5.74, 6) is 0.965. The molecule has 1 aliphatic rings. The van der Waals surface area contributed by atoms with Crippen molar-refractivity contribution in [3.05, 3.63) is 0 Å². The van der Waals surface area contributed by atoms with Gasteiger partial charge < -0.3 is 11.1 Å². The van der Waals surface area contributed by atoms with E-state index in [2.05, 4.69) is 19.2 Å². The number of hydrogen-bond donors (Lipinski definition) is 2. The third kappa shape index (κ3) is 3.28. The van der Waals surface area contributed by atoms with Gasteiger partial charge in [-0.1, -0.05) is 13.8 Å². The first-order valence-electron chi connectivity index (χ1n) is 4.78. The average molecular weight is 225 g/mol. The van der Waals surface area contributed by atoms with Gasteiger partial charge in [0.2, 0.25) is 0 Å². The zero-order valence-corrected chi connectivity index (χ0v) is 9.70. The van der Waals surface area contributed by atoms with Crippen molar-refractivity contribution >= 4 is 23.2 Å². The first kappa shape index (κ1) is 11.6. The summed E-state index contributed by atoms with van der Waals surface area (Å²) in [5, 5.41) is 3.39. The summed E-state index contributed by atoms with van der Waals surface area (Å²) >= 11 is 11.8. The second-order valence-electron chi connectivity index (χ2n) is 4.16. The highest BCUT2D eigenvalue weighted by molar-refractivity contribution is 6.50. The summed E-state index contributed by atoms with van der Waals surface area (Å²) in [6.45, 7) is 5.87. The summed E-state index contributed by atoms with van der Waals surface area (Å²) in [4.78, 5) is 0. The minimum atomic E-state index is -0.469. The fourth-order valence-electron chi connectivity index (χ4n) is 1.38. The van der Waals surface area contributed by atoms with E-state index in [9.17, 15) is 0 Å². The van der Waals surface area contributed by atoms with Crippen molar-refractivity contribution in [3.8, 4) is 0 Å². The van der Waals surface area contributed by atoms with Crippen molar-refractivity contribution < 1.29 is 0 Å². The van der Waals surface area contributed by atoms with E-state index >= 15 is 0 Å². The molecule has 2 nitrogen and oxygen atoms in total. The van der Waals surface area contributed by atoms with Crippen molar-refractivity contribution in [1.82, 2.24) is 5.32 Å². The maximum absolute atomic E-state index is 5.91. The standard InChI is InChI=1S/C9H18Cl2N2/c1-6(2)8(4-12)13-5-7-3-9(7,10)11/h6-8,13H,3-5,12H2,1-2H3. The van der Waals surface area contributed by atoms with Crippen LogP contribution in [0.25, 0.3) is 0 Å². The van der Waals surface area contributed by atoms with Crippen molar-refractivity contribution in [1.29, 1.82) is 0 Å². The Kier molecular flexibility index (Phi) is 3.87. The van der Waals surface area contributed by atoms with Gasteiger partial charge in [-0.3, -0.25) is 0 Å². The largest absolute Gasteiger partial charge is 0.329 e. The highest BCUT2D eigenvalue weighted by Crippen LogP contribution is 2.52. The van der Waals surface area contributed by atoms with Gasteiger partial charge in [0.15, 0.2) is 0 Å². The maximum Gasteiger partial charge on any atom is 0.122 e. The van der Waals surface area contributed by atoms with E-state index in [-0.39, 0.29) is 0 Å². The molecule has 0 aromatic rings. The Morgan fingerprint density at radius 1 is 1.54 bits per heavy atom. The molecule has 2 atom stereocenters. The molecule has 0 saturated heterocycles. The quantitative estimate of drug-likeness (QED) is 0.699.